The van der Waals surface area contributed by atoms with E-state index in [0.717, 1.165) is 88.0 Å². The summed E-state index contributed by atoms with van der Waals surface area (Å²) in [5.74, 6) is 1.73. The highest BCUT2D eigenvalue weighted by Crippen LogP contribution is 2.41. The van der Waals surface area contributed by atoms with Gasteiger partial charge in [-0.2, -0.15) is 0 Å². The van der Waals surface area contributed by atoms with E-state index < -0.39 is 0 Å². The summed E-state index contributed by atoms with van der Waals surface area (Å²) in [4.78, 5) is 15.9. The first-order valence-corrected chi connectivity index (χ1v) is 19.5. The Hall–Kier alpha value is -7.89. The molecule has 0 aliphatic heterocycles. The van der Waals surface area contributed by atoms with Gasteiger partial charge in [0.05, 0.1) is 16.6 Å². The summed E-state index contributed by atoms with van der Waals surface area (Å²) in [5.41, 5.74) is 9.72. The molecule has 12 aromatic rings. The molecule has 3 aromatic heterocycles. The largest absolute Gasteiger partial charge is 0.455 e. The average molecular weight is 741 g/mol. The second kappa shape index (κ2) is 12.8. The van der Waals surface area contributed by atoms with Crippen molar-refractivity contribution in [2.45, 2.75) is 0 Å². The predicted octanol–water partition coefficient (Wildman–Crippen LogP) is 13.8. The first-order chi connectivity index (χ1) is 28.7. The fourth-order valence-electron chi connectivity index (χ4n) is 8.65. The van der Waals surface area contributed by atoms with Crippen molar-refractivity contribution in [3.8, 4) is 51.0 Å². The topological polar surface area (TPSA) is 56.7 Å². The fraction of sp³-hybridized carbons (Fsp3) is 0. The van der Waals surface area contributed by atoms with E-state index in [4.69, 9.17) is 19.4 Å². The van der Waals surface area contributed by atoms with Crippen LogP contribution in [0.25, 0.3) is 116 Å². The third-order valence-corrected chi connectivity index (χ3v) is 11.4. The second-order valence-corrected chi connectivity index (χ2v) is 14.8. The van der Waals surface area contributed by atoms with Crippen LogP contribution in [0.3, 0.4) is 0 Å². The lowest BCUT2D eigenvalue weighted by Gasteiger charge is -2.14. The van der Waals surface area contributed by atoms with Crippen LogP contribution < -0.4 is 0 Å². The molecule has 0 amide bonds. The molecule has 0 fully saturated rings. The summed E-state index contributed by atoms with van der Waals surface area (Å²) in [6.07, 6.45) is 0. The highest BCUT2D eigenvalue weighted by Gasteiger charge is 2.22. The van der Waals surface area contributed by atoms with Gasteiger partial charge in [0, 0.05) is 38.4 Å². The number of fused-ring (bicyclic) bond motifs is 8. The van der Waals surface area contributed by atoms with Gasteiger partial charge in [-0.3, -0.25) is 0 Å². The molecule has 0 bridgehead atoms. The Balaban J connectivity index is 1.17. The Labute approximate surface area is 333 Å². The van der Waals surface area contributed by atoms with E-state index in [2.05, 4.69) is 174 Å². The smallest absolute Gasteiger partial charge is 0.167 e. The summed E-state index contributed by atoms with van der Waals surface area (Å²) in [6, 6.07) is 68.2. The van der Waals surface area contributed by atoms with Crippen molar-refractivity contribution < 1.29 is 4.42 Å². The highest BCUT2D eigenvalue weighted by molar-refractivity contribution is 6.17. The lowest BCUT2D eigenvalue weighted by Crippen LogP contribution is -2.02. The number of aromatic nitrogens is 4. The number of furan rings is 1. The summed E-state index contributed by atoms with van der Waals surface area (Å²) >= 11 is 0. The average Bonchev–Trinajstić information content (AvgIpc) is 3.84. The van der Waals surface area contributed by atoms with E-state index in [1.54, 1.807) is 0 Å². The van der Waals surface area contributed by atoms with Crippen LogP contribution in [-0.2, 0) is 0 Å². The van der Waals surface area contributed by atoms with E-state index in [1.165, 1.54) is 10.8 Å². The van der Waals surface area contributed by atoms with Gasteiger partial charge in [-0.15, -0.1) is 0 Å². The normalized spacial score (nSPS) is 11.8. The molecule has 9 aromatic carbocycles. The quantitative estimate of drug-likeness (QED) is 0.176. The molecule has 0 unspecified atom stereocenters. The van der Waals surface area contributed by atoms with Crippen LogP contribution in [0.4, 0.5) is 0 Å². The van der Waals surface area contributed by atoms with Crippen molar-refractivity contribution in [3.63, 3.8) is 0 Å². The number of rotatable bonds is 5. The summed E-state index contributed by atoms with van der Waals surface area (Å²) in [5, 5.41) is 9.02. The molecule has 12 rings (SSSR count). The maximum Gasteiger partial charge on any atom is 0.167 e. The number of hydrogen-bond acceptors (Lipinski definition) is 4. The van der Waals surface area contributed by atoms with Crippen LogP contribution in [0.15, 0.2) is 199 Å². The standard InChI is InChI=1S/C53H32N4O/c1-2-13-33(14-3-1)36-19-10-20-40(30-36)57-47-32-38-18-7-6-17-37(38)31-46(47)42-22-11-24-44(49(42)57)52-54-51(39-28-27-34-15-4-5-16-35(34)29-39)55-53(56-52)45-25-12-23-43-41-21-8-9-26-48(41)58-50(43)45/h1-32H. The zero-order valence-electron chi connectivity index (χ0n) is 31.2. The van der Waals surface area contributed by atoms with Gasteiger partial charge >= 0.3 is 0 Å². The molecule has 0 aliphatic rings. The molecule has 0 saturated heterocycles. The minimum absolute atomic E-state index is 0.550. The number of hydrogen-bond donors (Lipinski definition) is 0. The molecule has 270 valence electrons. The van der Waals surface area contributed by atoms with Gasteiger partial charge in [-0.25, -0.2) is 15.0 Å². The SMILES string of the molecule is c1ccc(-c2cccc(-n3c4cc5ccccc5cc4c4cccc(-c5nc(-c6ccc7ccccc7c6)nc(-c6cccc7c6oc6ccccc67)n5)c43)c2)cc1. The Bertz CT molecular complexity index is 3580. The fourth-order valence-corrected chi connectivity index (χ4v) is 8.65. The third kappa shape index (κ3) is 5.14. The molecule has 5 heteroatoms. The Morgan fingerprint density at radius 1 is 0.362 bits per heavy atom. The van der Waals surface area contributed by atoms with E-state index >= 15 is 0 Å². The van der Waals surface area contributed by atoms with Crippen LogP contribution in [0.1, 0.15) is 0 Å². The Morgan fingerprint density at radius 2 is 0.983 bits per heavy atom. The van der Waals surface area contributed by atoms with Crippen molar-refractivity contribution in [2.75, 3.05) is 0 Å². The Kier molecular flexibility index (Phi) is 7.16. The van der Waals surface area contributed by atoms with E-state index in [0.29, 0.717) is 17.5 Å². The van der Waals surface area contributed by atoms with Gasteiger partial charge < -0.3 is 8.98 Å². The zero-order chi connectivity index (χ0) is 38.2. The van der Waals surface area contributed by atoms with Gasteiger partial charge in [-0.1, -0.05) is 146 Å². The second-order valence-electron chi connectivity index (χ2n) is 14.8. The first-order valence-electron chi connectivity index (χ1n) is 19.5. The third-order valence-electron chi connectivity index (χ3n) is 11.4. The van der Waals surface area contributed by atoms with Crippen molar-refractivity contribution in [1.29, 1.82) is 0 Å². The zero-order valence-corrected chi connectivity index (χ0v) is 31.2. The molecule has 0 aliphatic carbocycles. The van der Waals surface area contributed by atoms with Crippen LogP contribution >= 0.6 is 0 Å². The number of benzene rings is 9. The van der Waals surface area contributed by atoms with E-state index in [1.807, 2.05) is 24.3 Å². The maximum absolute atomic E-state index is 6.55. The molecule has 0 spiro atoms. The maximum atomic E-state index is 6.55. The summed E-state index contributed by atoms with van der Waals surface area (Å²) in [7, 11) is 0. The predicted molar refractivity (Wildman–Crippen MR) is 238 cm³/mol. The lowest BCUT2D eigenvalue weighted by molar-refractivity contribution is 0.669. The van der Waals surface area contributed by atoms with Crippen molar-refractivity contribution in [3.05, 3.63) is 194 Å². The van der Waals surface area contributed by atoms with Crippen molar-refractivity contribution in [2.24, 2.45) is 0 Å². The highest BCUT2D eigenvalue weighted by atomic mass is 16.3. The number of nitrogens with zero attached hydrogens (tertiary/aromatic N) is 4. The minimum Gasteiger partial charge on any atom is -0.455 e. The molecule has 5 nitrogen and oxygen atoms in total. The first kappa shape index (κ1) is 32.4. The van der Waals surface area contributed by atoms with Gasteiger partial charge in [0.15, 0.2) is 17.5 Å². The van der Waals surface area contributed by atoms with Crippen LogP contribution in [0, 0.1) is 0 Å². The molecule has 0 saturated carbocycles. The van der Waals surface area contributed by atoms with Crippen LogP contribution in [0.5, 0.6) is 0 Å². The number of para-hydroxylation sites is 3. The molecule has 3 heterocycles. The van der Waals surface area contributed by atoms with Gasteiger partial charge in [0.1, 0.15) is 11.2 Å². The van der Waals surface area contributed by atoms with Crippen molar-refractivity contribution >= 4 is 65.3 Å². The van der Waals surface area contributed by atoms with Crippen LogP contribution in [-0.4, -0.2) is 19.5 Å². The lowest BCUT2D eigenvalue weighted by atomic mass is 10.0. The van der Waals surface area contributed by atoms with Gasteiger partial charge in [0.25, 0.3) is 0 Å². The molecule has 58 heavy (non-hydrogen) atoms. The van der Waals surface area contributed by atoms with Crippen molar-refractivity contribution in [1.82, 2.24) is 19.5 Å². The molecule has 0 radical (unpaired) electrons. The summed E-state index contributed by atoms with van der Waals surface area (Å²) in [6.45, 7) is 0. The minimum atomic E-state index is 0.550. The van der Waals surface area contributed by atoms with Gasteiger partial charge in [0.2, 0.25) is 0 Å². The molecular weight excluding hydrogens is 709 g/mol. The van der Waals surface area contributed by atoms with E-state index in [9.17, 15) is 0 Å². The molecule has 0 atom stereocenters. The van der Waals surface area contributed by atoms with Gasteiger partial charge in [-0.05, 0) is 81.2 Å². The monoisotopic (exact) mass is 740 g/mol. The van der Waals surface area contributed by atoms with Crippen LogP contribution in [0.2, 0.25) is 0 Å². The molecule has 0 N–H and O–H groups in total. The summed E-state index contributed by atoms with van der Waals surface area (Å²) < 4.78 is 8.94. The Morgan fingerprint density at radius 3 is 1.83 bits per heavy atom. The molecular formula is C53H32N4O. The van der Waals surface area contributed by atoms with E-state index in [-0.39, 0.29) is 0 Å².